The monoisotopic (exact) mass is 283 g/mol. The Morgan fingerprint density at radius 3 is 2.75 bits per heavy atom. The van der Waals surface area contributed by atoms with Crippen LogP contribution in [0.5, 0.6) is 0 Å². The molecule has 0 saturated heterocycles. The number of esters is 1. The van der Waals surface area contributed by atoms with Crippen LogP contribution in [0.1, 0.15) is 15.9 Å². The second-order valence-corrected chi connectivity index (χ2v) is 5.26. The van der Waals surface area contributed by atoms with Crippen LogP contribution in [0.2, 0.25) is 0 Å². The van der Waals surface area contributed by atoms with E-state index in [1.807, 2.05) is 48.0 Å². The third kappa shape index (κ3) is 1.98. The van der Waals surface area contributed by atoms with Crippen LogP contribution in [-0.4, -0.2) is 18.1 Å². The van der Waals surface area contributed by atoms with Gasteiger partial charge < -0.3 is 4.74 Å². The Hall–Kier alpha value is -2.20. The van der Waals surface area contributed by atoms with Crippen molar-refractivity contribution in [2.75, 3.05) is 7.11 Å². The maximum atomic E-state index is 12.1. The summed E-state index contributed by atoms with van der Waals surface area (Å²) in [6.45, 7) is 1.92. The molecule has 0 unspecified atom stereocenters. The zero-order valence-electron chi connectivity index (χ0n) is 11.2. The highest BCUT2D eigenvalue weighted by Crippen LogP contribution is 2.31. The Kier molecular flexibility index (Phi) is 3.24. The minimum Gasteiger partial charge on any atom is -0.465 e. The number of para-hydroxylation sites is 1. The Bertz CT molecular complexity index is 779. The summed E-state index contributed by atoms with van der Waals surface area (Å²) in [5.74, 6) is -0.322. The lowest BCUT2D eigenvalue weighted by atomic mass is 9.99. The molecule has 0 aliphatic rings. The fourth-order valence-corrected chi connectivity index (χ4v) is 2.99. The van der Waals surface area contributed by atoms with Crippen LogP contribution in [-0.2, 0) is 4.74 Å². The summed E-state index contributed by atoms with van der Waals surface area (Å²) in [6.07, 6.45) is 0. The quantitative estimate of drug-likeness (QED) is 0.666. The van der Waals surface area contributed by atoms with Crippen molar-refractivity contribution in [2.45, 2.75) is 6.92 Å². The molecule has 0 amide bonds. The van der Waals surface area contributed by atoms with Gasteiger partial charge in [0.05, 0.1) is 23.9 Å². The summed E-state index contributed by atoms with van der Waals surface area (Å²) in [5.41, 5.74) is 4.13. The van der Waals surface area contributed by atoms with Crippen molar-refractivity contribution in [1.82, 2.24) is 4.98 Å². The fourth-order valence-electron chi connectivity index (χ4n) is 2.35. The highest BCUT2D eigenvalue weighted by Gasteiger charge is 2.19. The second kappa shape index (κ2) is 5.06. The van der Waals surface area contributed by atoms with Crippen molar-refractivity contribution in [3.63, 3.8) is 0 Å². The number of hydrogen-bond donors (Lipinski definition) is 0. The topological polar surface area (TPSA) is 39.2 Å². The number of carbonyl (C=O) groups is 1. The van der Waals surface area contributed by atoms with Gasteiger partial charge in [0.15, 0.2) is 0 Å². The van der Waals surface area contributed by atoms with Gasteiger partial charge in [-0.2, -0.15) is 11.3 Å². The Morgan fingerprint density at radius 2 is 2.05 bits per heavy atom. The number of pyridine rings is 1. The van der Waals surface area contributed by atoms with Gasteiger partial charge in [0.1, 0.15) is 0 Å². The maximum Gasteiger partial charge on any atom is 0.338 e. The number of thiophene rings is 1. The largest absolute Gasteiger partial charge is 0.465 e. The minimum absolute atomic E-state index is 0.322. The van der Waals surface area contributed by atoms with Crippen LogP contribution in [0.4, 0.5) is 0 Å². The van der Waals surface area contributed by atoms with Gasteiger partial charge >= 0.3 is 5.97 Å². The molecular weight excluding hydrogens is 270 g/mol. The second-order valence-electron chi connectivity index (χ2n) is 4.48. The molecule has 4 heteroatoms. The summed E-state index contributed by atoms with van der Waals surface area (Å²) in [7, 11) is 1.40. The molecule has 0 N–H and O–H groups in total. The van der Waals surface area contributed by atoms with Crippen molar-refractivity contribution < 1.29 is 9.53 Å². The molecule has 0 spiro atoms. The number of nitrogens with zero attached hydrogens (tertiary/aromatic N) is 1. The van der Waals surface area contributed by atoms with Gasteiger partial charge in [-0.05, 0) is 30.0 Å². The molecule has 2 heterocycles. The average Bonchev–Trinajstić information content (AvgIpc) is 3.00. The number of rotatable bonds is 2. The number of aromatic nitrogens is 1. The zero-order chi connectivity index (χ0) is 14.1. The zero-order valence-corrected chi connectivity index (χ0v) is 12.0. The van der Waals surface area contributed by atoms with E-state index >= 15 is 0 Å². The van der Waals surface area contributed by atoms with Crippen molar-refractivity contribution in [2.24, 2.45) is 0 Å². The van der Waals surface area contributed by atoms with E-state index in [2.05, 4.69) is 0 Å². The number of carbonyl (C=O) groups excluding carboxylic acids is 1. The molecule has 0 atom stereocenters. The van der Waals surface area contributed by atoms with Crippen LogP contribution in [0.25, 0.3) is 22.2 Å². The Morgan fingerprint density at radius 1 is 1.25 bits per heavy atom. The first-order valence-electron chi connectivity index (χ1n) is 6.22. The van der Waals surface area contributed by atoms with E-state index in [4.69, 9.17) is 9.72 Å². The van der Waals surface area contributed by atoms with Gasteiger partial charge in [0.25, 0.3) is 0 Å². The van der Waals surface area contributed by atoms with Gasteiger partial charge in [-0.1, -0.05) is 18.2 Å². The van der Waals surface area contributed by atoms with Crippen molar-refractivity contribution >= 4 is 28.2 Å². The SMILES string of the molecule is COC(=O)c1c(C)c(-c2ccsc2)nc2ccccc12. The summed E-state index contributed by atoms with van der Waals surface area (Å²) >= 11 is 1.61. The molecule has 3 rings (SSSR count). The minimum atomic E-state index is -0.322. The van der Waals surface area contributed by atoms with Crippen LogP contribution in [0, 0.1) is 6.92 Å². The van der Waals surface area contributed by atoms with Crippen LogP contribution < -0.4 is 0 Å². The molecule has 0 aliphatic carbocycles. The van der Waals surface area contributed by atoms with Gasteiger partial charge in [-0.3, -0.25) is 0 Å². The highest BCUT2D eigenvalue weighted by atomic mass is 32.1. The molecule has 0 fully saturated rings. The summed E-state index contributed by atoms with van der Waals surface area (Å²) in [4.78, 5) is 16.8. The van der Waals surface area contributed by atoms with Gasteiger partial charge in [0, 0.05) is 16.3 Å². The summed E-state index contributed by atoms with van der Waals surface area (Å²) in [5, 5.41) is 4.87. The standard InChI is InChI=1S/C16H13NO2S/c1-10-14(16(18)19-2)12-5-3-4-6-13(12)17-15(10)11-7-8-20-9-11/h3-9H,1-2H3. The predicted molar refractivity (Wildman–Crippen MR) is 81.1 cm³/mol. The molecule has 0 aliphatic heterocycles. The van der Waals surface area contributed by atoms with Gasteiger partial charge in [-0.25, -0.2) is 9.78 Å². The lowest BCUT2D eigenvalue weighted by Gasteiger charge is -2.12. The van der Waals surface area contributed by atoms with Gasteiger partial charge in [0.2, 0.25) is 0 Å². The van der Waals surface area contributed by atoms with E-state index in [1.54, 1.807) is 11.3 Å². The molecule has 0 radical (unpaired) electrons. The van der Waals surface area contributed by atoms with Gasteiger partial charge in [-0.15, -0.1) is 0 Å². The van der Waals surface area contributed by atoms with Crippen LogP contribution in [0.15, 0.2) is 41.1 Å². The third-order valence-electron chi connectivity index (χ3n) is 3.32. The van der Waals surface area contributed by atoms with Crippen molar-refractivity contribution in [1.29, 1.82) is 0 Å². The average molecular weight is 283 g/mol. The van der Waals surface area contributed by atoms with Crippen molar-refractivity contribution in [3.8, 4) is 11.3 Å². The first kappa shape index (κ1) is 12.8. The van der Waals surface area contributed by atoms with Crippen LogP contribution >= 0.6 is 11.3 Å². The highest BCUT2D eigenvalue weighted by molar-refractivity contribution is 7.08. The molecular formula is C16H13NO2S. The normalized spacial score (nSPS) is 10.7. The number of hydrogen-bond acceptors (Lipinski definition) is 4. The molecule has 100 valence electrons. The molecule has 20 heavy (non-hydrogen) atoms. The van der Waals surface area contributed by atoms with Crippen LogP contribution in [0.3, 0.4) is 0 Å². The van der Waals surface area contributed by atoms with E-state index < -0.39 is 0 Å². The van der Waals surface area contributed by atoms with E-state index in [1.165, 1.54) is 7.11 Å². The Balaban J connectivity index is 2.39. The lowest BCUT2D eigenvalue weighted by molar-refractivity contribution is 0.0602. The number of benzene rings is 1. The lowest BCUT2D eigenvalue weighted by Crippen LogP contribution is -2.07. The predicted octanol–water partition coefficient (Wildman–Crippen LogP) is 4.06. The number of methoxy groups -OCH3 is 1. The summed E-state index contributed by atoms with van der Waals surface area (Å²) in [6, 6.07) is 9.65. The smallest absolute Gasteiger partial charge is 0.338 e. The molecule has 0 saturated carbocycles. The van der Waals surface area contributed by atoms with E-state index in [9.17, 15) is 4.79 Å². The first-order valence-corrected chi connectivity index (χ1v) is 7.17. The number of fused-ring (bicyclic) bond motifs is 1. The molecule has 3 aromatic rings. The molecule has 3 nitrogen and oxygen atoms in total. The fraction of sp³-hybridized carbons (Fsp3) is 0.125. The molecule has 2 aromatic heterocycles. The third-order valence-corrected chi connectivity index (χ3v) is 4.00. The van der Waals surface area contributed by atoms with E-state index in [0.29, 0.717) is 5.56 Å². The Labute approximate surface area is 120 Å². The van der Waals surface area contributed by atoms with E-state index in [0.717, 1.165) is 27.7 Å². The molecule has 1 aromatic carbocycles. The molecule has 0 bridgehead atoms. The first-order chi connectivity index (χ1) is 9.72. The maximum absolute atomic E-state index is 12.1. The summed E-state index contributed by atoms with van der Waals surface area (Å²) < 4.78 is 4.93. The van der Waals surface area contributed by atoms with Crippen molar-refractivity contribution in [3.05, 3.63) is 52.2 Å². The number of ether oxygens (including phenoxy) is 1. The van der Waals surface area contributed by atoms with E-state index in [-0.39, 0.29) is 5.97 Å².